The molecule has 1 aromatic carbocycles. The van der Waals surface area contributed by atoms with Crippen molar-refractivity contribution in [2.45, 2.75) is 26.9 Å². The molecule has 2 unspecified atom stereocenters. The molecule has 1 N–H and O–H groups in total. The minimum Gasteiger partial charge on any atom is -0.375 e. The van der Waals surface area contributed by atoms with Gasteiger partial charge in [0.1, 0.15) is 0 Å². The van der Waals surface area contributed by atoms with E-state index in [1.807, 2.05) is 38.1 Å². The molecule has 6 nitrogen and oxygen atoms in total. The van der Waals surface area contributed by atoms with Crippen LogP contribution in [0.2, 0.25) is 0 Å². The van der Waals surface area contributed by atoms with Crippen LogP contribution in [0.1, 0.15) is 20.8 Å². The zero-order chi connectivity index (χ0) is 17.5. The molecule has 0 bridgehead atoms. The van der Waals surface area contributed by atoms with Crippen molar-refractivity contribution in [2.75, 3.05) is 43.0 Å². The van der Waals surface area contributed by atoms with Gasteiger partial charge in [0.25, 0.3) is 0 Å². The summed E-state index contributed by atoms with van der Waals surface area (Å²) in [7, 11) is 0. The summed E-state index contributed by atoms with van der Waals surface area (Å²) in [4.78, 5) is 16.2. The molecule has 2 amide bonds. The third kappa shape index (κ3) is 4.87. The van der Waals surface area contributed by atoms with E-state index in [0.29, 0.717) is 13.1 Å². The van der Waals surface area contributed by atoms with E-state index in [1.54, 1.807) is 4.90 Å². The van der Waals surface area contributed by atoms with Crippen molar-refractivity contribution in [3.05, 3.63) is 24.3 Å². The number of morpholine rings is 1. The van der Waals surface area contributed by atoms with Crippen LogP contribution in [0.4, 0.5) is 16.2 Å². The average Bonchev–Trinajstić information content (AvgIpc) is 2.60. The van der Waals surface area contributed by atoms with Gasteiger partial charge in [-0.1, -0.05) is 0 Å². The quantitative estimate of drug-likeness (QED) is 0.901. The minimum atomic E-state index is -0.179. The van der Waals surface area contributed by atoms with E-state index in [4.69, 9.17) is 10.00 Å². The molecule has 6 heteroatoms. The molecule has 2 rings (SSSR count). The van der Waals surface area contributed by atoms with Crippen LogP contribution < -0.4 is 10.2 Å². The number of nitriles is 1. The van der Waals surface area contributed by atoms with Gasteiger partial charge in [-0.2, -0.15) is 5.26 Å². The normalized spacial score (nSPS) is 18.6. The molecule has 0 aromatic heterocycles. The maximum Gasteiger partial charge on any atom is 0.321 e. The Hall–Kier alpha value is -2.26. The van der Waals surface area contributed by atoms with Crippen LogP contribution in [-0.4, -0.2) is 49.8 Å². The Bertz CT molecular complexity index is 582. The molecule has 1 fully saturated rings. The number of carbonyl (C=O) groups is 1. The van der Waals surface area contributed by atoms with Gasteiger partial charge in [-0.3, -0.25) is 0 Å². The second-order valence-corrected chi connectivity index (χ2v) is 6.17. The lowest BCUT2D eigenvalue weighted by molar-refractivity contribution is 0.0532. The van der Waals surface area contributed by atoms with Crippen LogP contribution in [0.5, 0.6) is 0 Å². The summed E-state index contributed by atoms with van der Waals surface area (Å²) in [6.45, 7) is 9.29. The van der Waals surface area contributed by atoms with Crippen LogP contribution in [-0.2, 0) is 4.74 Å². The first-order valence-corrected chi connectivity index (χ1v) is 8.45. The van der Waals surface area contributed by atoms with E-state index in [-0.39, 0.29) is 18.1 Å². The highest BCUT2D eigenvalue weighted by atomic mass is 16.5. The van der Waals surface area contributed by atoms with Crippen LogP contribution >= 0.6 is 0 Å². The summed E-state index contributed by atoms with van der Waals surface area (Å²) in [6, 6.07) is 9.84. The summed E-state index contributed by atoms with van der Waals surface area (Å²) >= 11 is 0. The van der Waals surface area contributed by atoms with Crippen molar-refractivity contribution in [3.8, 4) is 6.07 Å². The van der Waals surface area contributed by atoms with Crippen molar-refractivity contribution in [1.29, 1.82) is 5.26 Å². The van der Waals surface area contributed by atoms with Gasteiger partial charge in [-0.15, -0.1) is 0 Å². The lowest BCUT2D eigenvalue weighted by Crippen LogP contribution is -2.41. The van der Waals surface area contributed by atoms with Gasteiger partial charge >= 0.3 is 6.03 Å². The summed E-state index contributed by atoms with van der Waals surface area (Å²) in [6.07, 6.45) is 0.235. The number of hydrogen-bond acceptors (Lipinski definition) is 4. The molecule has 0 saturated carbocycles. The number of nitrogens with one attached hydrogen (secondary N) is 1. The average molecular weight is 330 g/mol. The van der Waals surface area contributed by atoms with Gasteiger partial charge in [0, 0.05) is 37.6 Å². The highest BCUT2D eigenvalue weighted by Gasteiger charge is 2.18. The van der Waals surface area contributed by atoms with Crippen LogP contribution in [0.25, 0.3) is 0 Å². The smallest absolute Gasteiger partial charge is 0.321 e. The standard InChI is InChI=1S/C18H26N4O2/c1-4-21(12-14(2)11-19)18(23)20-16-5-7-17(8-6-16)22-9-10-24-15(3)13-22/h5-8,14-15H,4,9-10,12-13H2,1-3H3,(H,20,23). The second-order valence-electron chi connectivity index (χ2n) is 6.17. The first kappa shape index (κ1) is 18.1. The summed E-state index contributed by atoms with van der Waals surface area (Å²) in [5, 5.41) is 11.8. The van der Waals surface area contributed by atoms with Gasteiger partial charge in [0.2, 0.25) is 0 Å². The number of carbonyl (C=O) groups excluding carboxylic acids is 1. The van der Waals surface area contributed by atoms with Gasteiger partial charge in [0.15, 0.2) is 0 Å². The fraction of sp³-hybridized carbons (Fsp3) is 0.556. The number of ether oxygens (including phenoxy) is 1. The SMILES string of the molecule is CCN(CC(C)C#N)C(=O)Nc1ccc(N2CCOC(C)C2)cc1. The fourth-order valence-corrected chi connectivity index (χ4v) is 2.74. The molecule has 0 radical (unpaired) electrons. The van der Waals surface area contributed by atoms with E-state index in [1.165, 1.54) is 0 Å². The number of urea groups is 1. The van der Waals surface area contributed by atoms with Crippen molar-refractivity contribution < 1.29 is 9.53 Å². The molecule has 24 heavy (non-hydrogen) atoms. The highest BCUT2D eigenvalue weighted by molar-refractivity contribution is 5.89. The van der Waals surface area contributed by atoms with Crippen LogP contribution in [0.3, 0.4) is 0 Å². The van der Waals surface area contributed by atoms with Gasteiger partial charge < -0.3 is 19.9 Å². The monoisotopic (exact) mass is 330 g/mol. The Morgan fingerprint density at radius 3 is 2.79 bits per heavy atom. The third-order valence-electron chi connectivity index (χ3n) is 4.11. The lowest BCUT2D eigenvalue weighted by atomic mass is 10.2. The molecular formula is C18H26N4O2. The Morgan fingerprint density at radius 2 is 2.21 bits per heavy atom. The molecule has 1 aromatic rings. The van der Waals surface area contributed by atoms with Crippen molar-refractivity contribution >= 4 is 17.4 Å². The maximum absolute atomic E-state index is 12.3. The molecule has 1 heterocycles. The predicted octanol–water partition coefficient (Wildman–Crippen LogP) is 2.93. The van der Waals surface area contributed by atoms with Gasteiger partial charge in [0.05, 0.1) is 24.7 Å². The van der Waals surface area contributed by atoms with E-state index in [9.17, 15) is 4.79 Å². The molecule has 2 atom stereocenters. The predicted molar refractivity (Wildman–Crippen MR) is 95.1 cm³/mol. The summed E-state index contributed by atoms with van der Waals surface area (Å²) in [5.41, 5.74) is 1.89. The van der Waals surface area contributed by atoms with Gasteiger partial charge in [-0.05, 0) is 45.0 Å². The van der Waals surface area contributed by atoms with Crippen LogP contribution in [0, 0.1) is 17.2 Å². The zero-order valence-corrected chi connectivity index (χ0v) is 14.7. The first-order chi connectivity index (χ1) is 11.5. The number of nitrogens with zero attached hydrogens (tertiary/aromatic N) is 3. The van der Waals surface area contributed by atoms with Crippen molar-refractivity contribution in [3.63, 3.8) is 0 Å². The molecule has 1 aliphatic rings. The van der Waals surface area contributed by atoms with E-state index in [2.05, 4.69) is 23.2 Å². The van der Waals surface area contributed by atoms with Gasteiger partial charge in [-0.25, -0.2) is 4.79 Å². The highest BCUT2D eigenvalue weighted by Crippen LogP contribution is 2.20. The van der Waals surface area contributed by atoms with E-state index < -0.39 is 0 Å². The molecule has 1 aliphatic heterocycles. The second kappa shape index (κ2) is 8.55. The summed E-state index contributed by atoms with van der Waals surface area (Å²) in [5.74, 6) is -0.179. The fourth-order valence-electron chi connectivity index (χ4n) is 2.74. The van der Waals surface area contributed by atoms with E-state index in [0.717, 1.165) is 31.1 Å². The zero-order valence-electron chi connectivity index (χ0n) is 14.7. The largest absolute Gasteiger partial charge is 0.375 e. The third-order valence-corrected chi connectivity index (χ3v) is 4.11. The van der Waals surface area contributed by atoms with E-state index >= 15 is 0 Å². The van der Waals surface area contributed by atoms with Crippen molar-refractivity contribution in [2.24, 2.45) is 5.92 Å². The molecule has 0 aliphatic carbocycles. The Morgan fingerprint density at radius 1 is 1.50 bits per heavy atom. The number of rotatable bonds is 5. The molecular weight excluding hydrogens is 304 g/mol. The number of benzene rings is 1. The molecule has 130 valence electrons. The van der Waals surface area contributed by atoms with Crippen LogP contribution in [0.15, 0.2) is 24.3 Å². The Kier molecular flexibility index (Phi) is 6.44. The lowest BCUT2D eigenvalue weighted by Gasteiger charge is -2.33. The Balaban J connectivity index is 1.95. The Labute approximate surface area is 144 Å². The number of anilines is 2. The molecule has 0 spiro atoms. The molecule has 1 saturated heterocycles. The maximum atomic E-state index is 12.3. The number of amides is 2. The number of hydrogen-bond donors (Lipinski definition) is 1. The van der Waals surface area contributed by atoms with Crippen molar-refractivity contribution in [1.82, 2.24) is 4.90 Å². The summed E-state index contributed by atoms with van der Waals surface area (Å²) < 4.78 is 5.56. The topological polar surface area (TPSA) is 68.6 Å². The minimum absolute atomic E-state index is 0.174. The first-order valence-electron chi connectivity index (χ1n) is 8.45.